The average molecular weight is 125 g/mol. The third-order valence-electron chi connectivity index (χ3n) is 0.968. The molecule has 1 aromatic heterocycles. The predicted octanol–water partition coefficient (Wildman–Crippen LogP) is 1.68. The SMILES string of the molecule is CC(=S)n1cccc1. The second-order valence-corrected chi connectivity index (χ2v) is 2.20. The van der Waals surface area contributed by atoms with Gasteiger partial charge in [-0.3, -0.25) is 0 Å². The first-order valence-corrected chi connectivity index (χ1v) is 2.85. The summed E-state index contributed by atoms with van der Waals surface area (Å²) >= 11 is 4.88. The fraction of sp³-hybridized carbons (Fsp3) is 0.167. The van der Waals surface area contributed by atoms with E-state index < -0.39 is 0 Å². The molecule has 42 valence electrons. The molecule has 0 aliphatic rings. The van der Waals surface area contributed by atoms with Gasteiger partial charge in [-0.2, -0.15) is 0 Å². The molecule has 8 heavy (non-hydrogen) atoms. The molecule has 0 radical (unpaired) electrons. The molecule has 1 heterocycles. The van der Waals surface area contributed by atoms with E-state index >= 15 is 0 Å². The van der Waals surface area contributed by atoms with Gasteiger partial charge in [-0.15, -0.1) is 0 Å². The van der Waals surface area contributed by atoms with Gasteiger partial charge in [0.25, 0.3) is 0 Å². The minimum atomic E-state index is 0.884. The van der Waals surface area contributed by atoms with E-state index in [-0.39, 0.29) is 0 Å². The molecule has 0 bridgehead atoms. The predicted molar refractivity (Wildman–Crippen MR) is 38.1 cm³/mol. The van der Waals surface area contributed by atoms with E-state index in [1.807, 2.05) is 36.0 Å². The van der Waals surface area contributed by atoms with Crippen LogP contribution in [-0.4, -0.2) is 9.56 Å². The average Bonchev–Trinajstić information content (AvgIpc) is 2.12. The van der Waals surface area contributed by atoms with Crippen molar-refractivity contribution in [3.63, 3.8) is 0 Å². The van der Waals surface area contributed by atoms with Gasteiger partial charge in [0, 0.05) is 12.4 Å². The third kappa shape index (κ3) is 0.954. The van der Waals surface area contributed by atoms with E-state index in [9.17, 15) is 0 Å². The van der Waals surface area contributed by atoms with E-state index in [1.165, 1.54) is 0 Å². The van der Waals surface area contributed by atoms with E-state index in [0.717, 1.165) is 4.99 Å². The summed E-state index contributed by atoms with van der Waals surface area (Å²) in [6.07, 6.45) is 3.87. The third-order valence-corrected chi connectivity index (χ3v) is 1.18. The summed E-state index contributed by atoms with van der Waals surface area (Å²) in [7, 11) is 0. The largest absolute Gasteiger partial charge is 0.318 e. The molecular weight excluding hydrogens is 118 g/mol. The van der Waals surface area contributed by atoms with Crippen molar-refractivity contribution in [3.8, 4) is 0 Å². The smallest absolute Gasteiger partial charge is 0.0828 e. The zero-order chi connectivity index (χ0) is 5.98. The topological polar surface area (TPSA) is 4.93 Å². The Kier molecular flexibility index (Phi) is 1.44. The van der Waals surface area contributed by atoms with Crippen LogP contribution in [0.15, 0.2) is 24.5 Å². The van der Waals surface area contributed by atoms with Crippen LogP contribution in [0.2, 0.25) is 0 Å². The van der Waals surface area contributed by atoms with Gasteiger partial charge < -0.3 is 4.57 Å². The van der Waals surface area contributed by atoms with Crippen molar-refractivity contribution >= 4 is 17.2 Å². The normalized spacial score (nSPS) is 9.12. The van der Waals surface area contributed by atoms with Gasteiger partial charge in [-0.25, -0.2) is 0 Å². The van der Waals surface area contributed by atoms with Crippen LogP contribution in [0.5, 0.6) is 0 Å². The fourth-order valence-electron chi connectivity index (χ4n) is 0.544. The van der Waals surface area contributed by atoms with Crippen LogP contribution in [0.1, 0.15) is 6.92 Å². The number of hydrogen-bond acceptors (Lipinski definition) is 1. The number of hydrogen-bond donors (Lipinski definition) is 0. The number of nitrogens with zero attached hydrogens (tertiary/aromatic N) is 1. The van der Waals surface area contributed by atoms with Crippen LogP contribution in [0.25, 0.3) is 0 Å². The second-order valence-electron chi connectivity index (χ2n) is 1.61. The number of rotatable bonds is 0. The number of thiocarbonyl (C=S) groups is 1. The van der Waals surface area contributed by atoms with Gasteiger partial charge in [-0.1, -0.05) is 12.2 Å². The van der Waals surface area contributed by atoms with Crippen LogP contribution < -0.4 is 0 Å². The van der Waals surface area contributed by atoms with Crippen LogP contribution in [0, 0.1) is 0 Å². The highest BCUT2D eigenvalue weighted by Gasteiger charge is 1.84. The summed E-state index contributed by atoms with van der Waals surface area (Å²) in [5, 5.41) is 0. The van der Waals surface area contributed by atoms with Gasteiger partial charge in [0.2, 0.25) is 0 Å². The quantitative estimate of drug-likeness (QED) is 0.477. The van der Waals surface area contributed by atoms with Crippen molar-refractivity contribution in [1.29, 1.82) is 0 Å². The molecule has 1 nitrogen and oxygen atoms in total. The maximum Gasteiger partial charge on any atom is 0.0828 e. The maximum absolute atomic E-state index is 4.88. The highest BCUT2D eigenvalue weighted by Crippen LogP contribution is 1.88. The monoisotopic (exact) mass is 125 g/mol. The Morgan fingerprint density at radius 2 is 1.88 bits per heavy atom. The lowest BCUT2D eigenvalue weighted by atomic mass is 10.7. The Bertz CT molecular complexity index is 176. The molecule has 0 aromatic carbocycles. The lowest BCUT2D eigenvalue weighted by Crippen LogP contribution is -1.98. The lowest BCUT2D eigenvalue weighted by Gasteiger charge is -1.93. The first-order chi connectivity index (χ1) is 3.80. The van der Waals surface area contributed by atoms with Gasteiger partial charge in [-0.05, 0) is 19.1 Å². The van der Waals surface area contributed by atoms with Gasteiger partial charge >= 0.3 is 0 Å². The first-order valence-electron chi connectivity index (χ1n) is 2.44. The zero-order valence-corrected chi connectivity index (χ0v) is 5.48. The molecule has 0 fully saturated rings. The van der Waals surface area contributed by atoms with Crippen molar-refractivity contribution in [2.75, 3.05) is 0 Å². The zero-order valence-electron chi connectivity index (χ0n) is 4.66. The molecule has 0 saturated heterocycles. The molecule has 0 N–H and O–H groups in total. The van der Waals surface area contributed by atoms with E-state index in [4.69, 9.17) is 12.2 Å². The highest BCUT2D eigenvalue weighted by atomic mass is 32.1. The standard InChI is InChI=1S/C6H7NS/c1-6(8)7-4-2-3-5-7/h2-5H,1H3. The van der Waals surface area contributed by atoms with Crippen LogP contribution in [0.3, 0.4) is 0 Å². The summed E-state index contributed by atoms with van der Waals surface area (Å²) < 4.78 is 1.90. The molecule has 0 aliphatic carbocycles. The first kappa shape index (κ1) is 5.51. The highest BCUT2D eigenvalue weighted by molar-refractivity contribution is 7.80. The summed E-state index contributed by atoms with van der Waals surface area (Å²) in [5.74, 6) is 0. The van der Waals surface area contributed by atoms with E-state index in [0.29, 0.717) is 0 Å². The number of aromatic nitrogens is 1. The summed E-state index contributed by atoms with van der Waals surface area (Å²) in [5.41, 5.74) is 0. The Balaban J connectivity index is 2.93. The van der Waals surface area contributed by atoms with Crippen LogP contribution >= 0.6 is 12.2 Å². The lowest BCUT2D eigenvalue weighted by molar-refractivity contribution is 1.18. The molecular formula is C6H7NS. The van der Waals surface area contributed by atoms with Gasteiger partial charge in [0.05, 0.1) is 4.99 Å². The summed E-state index contributed by atoms with van der Waals surface area (Å²) in [4.78, 5) is 0.884. The summed E-state index contributed by atoms with van der Waals surface area (Å²) in [6.45, 7) is 1.90. The Labute approximate surface area is 53.9 Å². The van der Waals surface area contributed by atoms with Crippen molar-refractivity contribution in [1.82, 2.24) is 4.57 Å². The molecule has 0 amide bonds. The fourth-order valence-corrected chi connectivity index (χ4v) is 0.666. The molecule has 0 aliphatic heterocycles. The van der Waals surface area contributed by atoms with Crippen molar-refractivity contribution in [3.05, 3.63) is 24.5 Å². The second kappa shape index (κ2) is 2.09. The van der Waals surface area contributed by atoms with Crippen molar-refractivity contribution in [2.24, 2.45) is 0 Å². The van der Waals surface area contributed by atoms with Gasteiger partial charge in [0.1, 0.15) is 0 Å². The van der Waals surface area contributed by atoms with E-state index in [2.05, 4.69) is 0 Å². The maximum atomic E-state index is 4.88. The Morgan fingerprint density at radius 3 is 2.12 bits per heavy atom. The molecule has 0 saturated carbocycles. The van der Waals surface area contributed by atoms with Crippen molar-refractivity contribution in [2.45, 2.75) is 6.92 Å². The van der Waals surface area contributed by atoms with E-state index in [1.54, 1.807) is 0 Å². The molecule has 1 rings (SSSR count). The van der Waals surface area contributed by atoms with Crippen LogP contribution in [0.4, 0.5) is 0 Å². The molecule has 0 spiro atoms. The molecule has 0 unspecified atom stereocenters. The minimum absolute atomic E-state index is 0.884. The van der Waals surface area contributed by atoms with Crippen molar-refractivity contribution < 1.29 is 0 Å². The minimum Gasteiger partial charge on any atom is -0.318 e. The molecule has 2 heteroatoms. The molecule has 0 atom stereocenters. The summed E-state index contributed by atoms with van der Waals surface area (Å²) in [6, 6.07) is 3.91. The Hall–Kier alpha value is -0.630. The Morgan fingerprint density at radius 1 is 1.38 bits per heavy atom. The van der Waals surface area contributed by atoms with Crippen LogP contribution in [-0.2, 0) is 0 Å². The molecule has 1 aromatic rings. The van der Waals surface area contributed by atoms with Gasteiger partial charge in [0.15, 0.2) is 0 Å².